The molecule has 0 aromatic rings. The van der Waals surface area contributed by atoms with Crippen LogP contribution in [0.25, 0.3) is 0 Å². The fourth-order valence-electron chi connectivity index (χ4n) is 2.51. The molecule has 1 N–H and O–H groups in total. The average Bonchev–Trinajstić information content (AvgIpc) is 2.54. The van der Waals surface area contributed by atoms with Gasteiger partial charge in [-0.1, -0.05) is 98.3 Å². The van der Waals surface area contributed by atoms with E-state index in [2.05, 4.69) is 12.2 Å². The molecule has 0 unspecified atom stereocenters. The summed E-state index contributed by atoms with van der Waals surface area (Å²) in [6, 6.07) is 0. The Morgan fingerprint density at radius 3 is 1.45 bits per heavy atom. The van der Waals surface area contributed by atoms with Crippen LogP contribution in [0.15, 0.2) is 0 Å². The van der Waals surface area contributed by atoms with E-state index in [4.69, 9.17) is 0 Å². The molecular formula is C20H43NO. The Balaban J connectivity index is 0. The molecule has 1 amide bonds. The molecule has 0 heterocycles. The predicted molar refractivity (Wildman–Crippen MR) is 100 cm³/mol. The van der Waals surface area contributed by atoms with Crippen molar-refractivity contribution in [1.29, 1.82) is 0 Å². The molecule has 0 bridgehead atoms. The summed E-state index contributed by atoms with van der Waals surface area (Å²) in [6.45, 7) is 9.19. The smallest absolute Gasteiger partial charge is 0.219 e. The van der Waals surface area contributed by atoms with Gasteiger partial charge in [-0.3, -0.25) is 4.79 Å². The van der Waals surface area contributed by atoms with Crippen LogP contribution in [-0.2, 0) is 4.79 Å². The third kappa shape index (κ3) is 21.8. The minimum Gasteiger partial charge on any atom is -0.356 e. The van der Waals surface area contributed by atoms with Gasteiger partial charge in [0.05, 0.1) is 0 Å². The van der Waals surface area contributed by atoms with Crippen LogP contribution in [0.3, 0.4) is 0 Å². The first kappa shape index (κ1) is 23.7. The maximum atomic E-state index is 11.2. The van der Waals surface area contributed by atoms with Gasteiger partial charge in [-0.25, -0.2) is 0 Å². The summed E-state index contributed by atoms with van der Waals surface area (Å²) in [5.41, 5.74) is 0. The van der Waals surface area contributed by atoms with Gasteiger partial charge in [-0.05, 0) is 12.8 Å². The van der Waals surface area contributed by atoms with E-state index in [1.54, 1.807) is 0 Å². The number of nitrogens with one attached hydrogen (secondary N) is 1. The molecule has 22 heavy (non-hydrogen) atoms. The van der Waals surface area contributed by atoms with Crippen LogP contribution in [0, 0.1) is 0 Å². The molecule has 0 aliphatic rings. The van der Waals surface area contributed by atoms with E-state index in [1.807, 2.05) is 20.8 Å². The van der Waals surface area contributed by atoms with E-state index >= 15 is 0 Å². The highest BCUT2D eigenvalue weighted by molar-refractivity contribution is 5.75. The van der Waals surface area contributed by atoms with Gasteiger partial charge in [0, 0.05) is 13.0 Å². The molecule has 0 saturated carbocycles. The monoisotopic (exact) mass is 313 g/mol. The van der Waals surface area contributed by atoms with E-state index in [0.29, 0.717) is 6.42 Å². The standard InChI is InChI=1S/C18H37NO.C2H6/c1-3-5-6-7-8-9-10-11-12-13-14-15-17-19-18(20)16-4-2;1-2/h3-17H2,1-2H3,(H,19,20);1-2H3. The van der Waals surface area contributed by atoms with Crippen LogP contribution in [-0.4, -0.2) is 12.5 Å². The van der Waals surface area contributed by atoms with E-state index in [0.717, 1.165) is 19.4 Å². The second-order valence-electron chi connectivity index (χ2n) is 5.99. The zero-order valence-electron chi connectivity index (χ0n) is 16.0. The van der Waals surface area contributed by atoms with Crippen molar-refractivity contribution in [3.63, 3.8) is 0 Å². The topological polar surface area (TPSA) is 29.1 Å². The predicted octanol–water partition coefficient (Wildman–Crippen LogP) is 6.63. The number of hydrogen-bond donors (Lipinski definition) is 1. The maximum absolute atomic E-state index is 11.2. The molecule has 0 saturated heterocycles. The lowest BCUT2D eigenvalue weighted by Crippen LogP contribution is -2.23. The lowest BCUT2D eigenvalue weighted by Gasteiger charge is -2.04. The molecule has 0 aromatic heterocycles. The molecule has 0 aromatic carbocycles. The van der Waals surface area contributed by atoms with Gasteiger partial charge in [-0.2, -0.15) is 0 Å². The Morgan fingerprint density at radius 2 is 1.05 bits per heavy atom. The lowest BCUT2D eigenvalue weighted by atomic mass is 10.1. The maximum Gasteiger partial charge on any atom is 0.219 e. The van der Waals surface area contributed by atoms with Gasteiger partial charge in [0.25, 0.3) is 0 Å². The lowest BCUT2D eigenvalue weighted by molar-refractivity contribution is -0.121. The molecule has 2 nitrogen and oxygen atoms in total. The van der Waals surface area contributed by atoms with Crippen molar-refractivity contribution in [3.8, 4) is 0 Å². The first-order valence-corrected chi connectivity index (χ1v) is 10.1. The normalized spacial score (nSPS) is 10.0. The van der Waals surface area contributed by atoms with Gasteiger partial charge in [0.1, 0.15) is 0 Å². The summed E-state index contributed by atoms with van der Waals surface area (Å²) in [5.74, 6) is 0.218. The van der Waals surface area contributed by atoms with E-state index in [1.165, 1.54) is 70.6 Å². The average molecular weight is 314 g/mol. The highest BCUT2D eigenvalue weighted by atomic mass is 16.1. The Morgan fingerprint density at radius 1 is 0.636 bits per heavy atom. The van der Waals surface area contributed by atoms with Gasteiger partial charge in [0.2, 0.25) is 5.91 Å². The third-order valence-electron chi connectivity index (χ3n) is 3.83. The largest absolute Gasteiger partial charge is 0.356 e. The number of unbranched alkanes of at least 4 members (excludes halogenated alkanes) is 11. The van der Waals surface area contributed by atoms with Crippen LogP contribution in [0.4, 0.5) is 0 Å². The highest BCUT2D eigenvalue weighted by Gasteiger charge is 1.97. The van der Waals surface area contributed by atoms with Crippen LogP contribution < -0.4 is 5.32 Å². The quantitative estimate of drug-likeness (QED) is 0.338. The molecule has 0 aliphatic carbocycles. The van der Waals surface area contributed by atoms with Crippen LogP contribution in [0.5, 0.6) is 0 Å². The van der Waals surface area contributed by atoms with Crippen molar-refractivity contribution in [2.45, 2.75) is 118 Å². The van der Waals surface area contributed by atoms with E-state index in [9.17, 15) is 4.79 Å². The first-order valence-electron chi connectivity index (χ1n) is 10.1. The van der Waals surface area contributed by atoms with Crippen LogP contribution >= 0.6 is 0 Å². The summed E-state index contributed by atoms with van der Waals surface area (Å²) >= 11 is 0. The van der Waals surface area contributed by atoms with Gasteiger partial charge < -0.3 is 5.32 Å². The zero-order chi connectivity index (χ0) is 16.9. The Labute approximate surface area is 140 Å². The number of rotatable bonds is 15. The third-order valence-corrected chi connectivity index (χ3v) is 3.83. The van der Waals surface area contributed by atoms with Crippen molar-refractivity contribution < 1.29 is 4.79 Å². The van der Waals surface area contributed by atoms with Crippen LogP contribution in [0.1, 0.15) is 118 Å². The Kier molecular flexibility index (Phi) is 24.5. The van der Waals surface area contributed by atoms with Gasteiger partial charge in [-0.15, -0.1) is 0 Å². The Bertz CT molecular complexity index is 204. The summed E-state index contributed by atoms with van der Waals surface area (Å²) in [6.07, 6.45) is 18.0. The summed E-state index contributed by atoms with van der Waals surface area (Å²) in [7, 11) is 0. The molecule has 2 heteroatoms. The molecule has 0 atom stereocenters. The Hall–Kier alpha value is -0.530. The zero-order valence-corrected chi connectivity index (χ0v) is 16.0. The van der Waals surface area contributed by atoms with Gasteiger partial charge >= 0.3 is 0 Å². The molecular weight excluding hydrogens is 270 g/mol. The molecule has 0 radical (unpaired) electrons. The summed E-state index contributed by atoms with van der Waals surface area (Å²) < 4.78 is 0. The minimum absolute atomic E-state index is 0.218. The van der Waals surface area contributed by atoms with Crippen molar-refractivity contribution in [1.82, 2.24) is 5.32 Å². The highest BCUT2D eigenvalue weighted by Crippen LogP contribution is 2.11. The van der Waals surface area contributed by atoms with E-state index < -0.39 is 0 Å². The van der Waals surface area contributed by atoms with Crippen LogP contribution in [0.2, 0.25) is 0 Å². The van der Waals surface area contributed by atoms with Crippen molar-refractivity contribution >= 4 is 5.91 Å². The number of amides is 1. The second kappa shape index (κ2) is 22.7. The number of hydrogen-bond acceptors (Lipinski definition) is 1. The minimum atomic E-state index is 0.218. The molecule has 0 fully saturated rings. The van der Waals surface area contributed by atoms with Crippen molar-refractivity contribution in [3.05, 3.63) is 0 Å². The molecule has 134 valence electrons. The summed E-state index contributed by atoms with van der Waals surface area (Å²) in [4.78, 5) is 11.2. The molecule has 0 rings (SSSR count). The van der Waals surface area contributed by atoms with Crippen molar-refractivity contribution in [2.75, 3.05) is 6.54 Å². The SMILES string of the molecule is CC.CCCCCCCCCCCCCCNC(=O)CCC. The number of carbonyl (C=O) groups is 1. The first-order chi connectivity index (χ1) is 10.8. The molecule has 0 spiro atoms. The second-order valence-corrected chi connectivity index (χ2v) is 5.99. The van der Waals surface area contributed by atoms with E-state index in [-0.39, 0.29) is 5.91 Å². The fourth-order valence-corrected chi connectivity index (χ4v) is 2.51. The van der Waals surface area contributed by atoms with Crippen molar-refractivity contribution in [2.24, 2.45) is 0 Å². The molecule has 0 aliphatic heterocycles. The summed E-state index contributed by atoms with van der Waals surface area (Å²) in [5, 5.41) is 2.98. The number of carbonyl (C=O) groups excluding carboxylic acids is 1. The van der Waals surface area contributed by atoms with Gasteiger partial charge in [0.15, 0.2) is 0 Å². The fraction of sp³-hybridized carbons (Fsp3) is 0.950.